The van der Waals surface area contributed by atoms with Crippen LogP contribution in [-0.4, -0.2) is 60.7 Å². The molecule has 0 aliphatic carbocycles. The minimum absolute atomic E-state index is 0.00889. The number of rotatable bonds is 6. The summed E-state index contributed by atoms with van der Waals surface area (Å²) in [5.41, 5.74) is 0.108. The molecule has 1 amide bonds. The van der Waals surface area contributed by atoms with E-state index in [0.29, 0.717) is 13.0 Å². The maximum atomic E-state index is 12.0. The van der Waals surface area contributed by atoms with E-state index >= 15 is 0 Å². The fraction of sp³-hybridized carbons (Fsp3) is 0.714. The van der Waals surface area contributed by atoms with Crippen molar-refractivity contribution in [1.29, 1.82) is 0 Å². The van der Waals surface area contributed by atoms with Crippen molar-refractivity contribution >= 4 is 33.8 Å². The predicted molar refractivity (Wildman–Crippen MR) is 92.5 cm³/mol. The molecule has 0 unspecified atom stereocenters. The highest BCUT2D eigenvalue weighted by atomic mass is 32.2. The zero-order valence-corrected chi connectivity index (χ0v) is 15.6. The van der Waals surface area contributed by atoms with Gasteiger partial charge in [-0.2, -0.15) is 8.42 Å². The summed E-state index contributed by atoms with van der Waals surface area (Å²) in [5.74, 6) is -1.37. The Morgan fingerprint density at radius 2 is 2.12 bits per heavy atom. The molecule has 0 aromatic heterocycles. The molecule has 11 heteroatoms. The first kappa shape index (κ1) is 18.6. The number of nitrogens with one attached hydrogen (secondary N) is 2. The standard InChI is InChI=1S/C14H22N4O5S2/c1-6-10-7(2)13(19)18(10)11(14(20)21)12(6)24-9-3-8(16-5-9)4-17-25(15,22)23/h6-10,16-17H,3-5H2,1-2H3,(H,20,21)(H2,15,22,23)/t6-,7-,8-,9-,10-/m0/s1. The molecular formula is C14H22N4O5S2. The van der Waals surface area contributed by atoms with E-state index in [0.717, 1.165) is 4.91 Å². The van der Waals surface area contributed by atoms with Crippen molar-refractivity contribution in [3.8, 4) is 0 Å². The number of carbonyl (C=O) groups is 2. The summed E-state index contributed by atoms with van der Waals surface area (Å²) in [4.78, 5) is 25.9. The first-order valence-corrected chi connectivity index (χ1v) is 10.5. The maximum absolute atomic E-state index is 12.0. The Hall–Kier alpha value is -1.14. The molecule has 0 radical (unpaired) electrons. The van der Waals surface area contributed by atoms with Crippen molar-refractivity contribution in [2.45, 2.75) is 37.6 Å². The number of carbonyl (C=O) groups excluding carboxylic acids is 1. The monoisotopic (exact) mass is 390 g/mol. The molecule has 3 rings (SSSR count). The molecule has 140 valence electrons. The Morgan fingerprint density at radius 3 is 2.72 bits per heavy atom. The fourth-order valence-corrected chi connectivity index (χ4v) is 5.81. The lowest BCUT2D eigenvalue weighted by atomic mass is 9.84. The lowest BCUT2D eigenvalue weighted by molar-refractivity contribution is -0.155. The van der Waals surface area contributed by atoms with E-state index in [9.17, 15) is 23.1 Å². The lowest BCUT2D eigenvalue weighted by Crippen LogP contribution is -2.59. The SMILES string of the molecule is C[C@@H]1C(=O)N2C(C(=O)O)=C(S[C@@H]3CN[C@H](CNS(N)(=O)=O)C3)[C@@H](C)[C@@H]12. The number of aliphatic carboxylic acids is 1. The normalized spacial score (nSPS) is 35.1. The molecule has 3 aliphatic rings. The van der Waals surface area contributed by atoms with Crippen LogP contribution in [0.15, 0.2) is 10.6 Å². The minimum Gasteiger partial charge on any atom is -0.477 e. The van der Waals surface area contributed by atoms with Gasteiger partial charge >= 0.3 is 5.97 Å². The Kier molecular flexibility index (Phi) is 4.88. The summed E-state index contributed by atoms with van der Waals surface area (Å²) in [5, 5.41) is 17.8. The van der Waals surface area contributed by atoms with Crippen LogP contribution in [0.4, 0.5) is 0 Å². The maximum Gasteiger partial charge on any atom is 0.353 e. The summed E-state index contributed by atoms with van der Waals surface area (Å²) >= 11 is 1.48. The summed E-state index contributed by atoms with van der Waals surface area (Å²) < 4.78 is 24.2. The number of hydrogen-bond donors (Lipinski definition) is 4. The van der Waals surface area contributed by atoms with Crippen molar-refractivity contribution in [3.05, 3.63) is 10.6 Å². The molecule has 25 heavy (non-hydrogen) atoms. The molecule has 0 aromatic rings. The molecule has 3 heterocycles. The van der Waals surface area contributed by atoms with Gasteiger partial charge in [0.15, 0.2) is 0 Å². The highest BCUT2D eigenvalue weighted by Crippen LogP contribution is 2.50. The molecule has 3 aliphatic heterocycles. The van der Waals surface area contributed by atoms with E-state index in [-0.39, 0.29) is 47.3 Å². The van der Waals surface area contributed by atoms with E-state index in [1.165, 1.54) is 16.7 Å². The van der Waals surface area contributed by atoms with Crippen LogP contribution in [0.5, 0.6) is 0 Å². The lowest BCUT2D eigenvalue weighted by Gasteiger charge is -2.43. The fourth-order valence-electron chi connectivity index (χ4n) is 3.85. The second-order valence-electron chi connectivity index (χ2n) is 6.77. The van der Waals surface area contributed by atoms with Gasteiger partial charge in [-0.3, -0.25) is 4.79 Å². The van der Waals surface area contributed by atoms with Crippen molar-refractivity contribution in [1.82, 2.24) is 14.9 Å². The molecule has 0 spiro atoms. The second kappa shape index (κ2) is 6.54. The van der Waals surface area contributed by atoms with Crippen molar-refractivity contribution < 1.29 is 23.1 Å². The number of amides is 1. The van der Waals surface area contributed by atoms with E-state index in [2.05, 4.69) is 10.0 Å². The van der Waals surface area contributed by atoms with Crippen molar-refractivity contribution in [3.63, 3.8) is 0 Å². The molecule has 5 atom stereocenters. The summed E-state index contributed by atoms with van der Waals surface area (Å²) in [6, 6.07) is -0.130. The topological polar surface area (TPSA) is 142 Å². The summed E-state index contributed by atoms with van der Waals surface area (Å²) in [7, 11) is -3.73. The average Bonchev–Trinajstić information content (AvgIpc) is 3.06. The molecule has 2 saturated heterocycles. The number of thioether (sulfide) groups is 1. The van der Waals surface area contributed by atoms with Crippen LogP contribution >= 0.6 is 11.8 Å². The third-order valence-corrected chi connectivity index (χ3v) is 7.13. The van der Waals surface area contributed by atoms with Gasteiger partial charge < -0.3 is 15.3 Å². The summed E-state index contributed by atoms with van der Waals surface area (Å²) in [6.07, 6.45) is 0.685. The van der Waals surface area contributed by atoms with E-state index in [4.69, 9.17) is 5.14 Å². The molecule has 0 bridgehead atoms. The Morgan fingerprint density at radius 1 is 1.44 bits per heavy atom. The van der Waals surface area contributed by atoms with Gasteiger partial charge in [-0.15, -0.1) is 11.8 Å². The molecule has 5 N–H and O–H groups in total. The summed E-state index contributed by atoms with van der Waals surface area (Å²) in [6.45, 7) is 4.62. The molecule has 0 saturated carbocycles. The number of β-lactam (4-membered cyclic amide) rings is 1. The Labute approximate surface area is 150 Å². The molecule has 9 nitrogen and oxygen atoms in total. The van der Waals surface area contributed by atoms with Gasteiger partial charge in [0.1, 0.15) is 5.70 Å². The third kappa shape index (κ3) is 3.43. The molecule has 0 aromatic carbocycles. The van der Waals surface area contributed by atoms with Crippen LogP contribution < -0.4 is 15.2 Å². The largest absolute Gasteiger partial charge is 0.477 e. The van der Waals surface area contributed by atoms with Crippen LogP contribution in [0.3, 0.4) is 0 Å². The zero-order chi connectivity index (χ0) is 18.5. The smallest absolute Gasteiger partial charge is 0.353 e. The first-order valence-electron chi connectivity index (χ1n) is 8.08. The van der Waals surface area contributed by atoms with Crippen molar-refractivity contribution in [2.75, 3.05) is 13.1 Å². The zero-order valence-electron chi connectivity index (χ0n) is 13.9. The van der Waals surface area contributed by atoms with E-state index in [1.54, 1.807) is 0 Å². The quantitative estimate of drug-likeness (QED) is 0.428. The number of nitrogens with zero attached hydrogens (tertiary/aromatic N) is 1. The van der Waals surface area contributed by atoms with Gasteiger partial charge in [0.2, 0.25) is 5.91 Å². The van der Waals surface area contributed by atoms with Gasteiger partial charge in [0.05, 0.1) is 12.0 Å². The van der Waals surface area contributed by atoms with Gasteiger partial charge in [-0.1, -0.05) is 13.8 Å². The number of carboxylic acids is 1. The minimum atomic E-state index is -3.73. The number of fused-ring (bicyclic) bond motifs is 1. The van der Waals surface area contributed by atoms with Crippen LogP contribution in [0.2, 0.25) is 0 Å². The van der Waals surface area contributed by atoms with Gasteiger partial charge in [0.25, 0.3) is 10.2 Å². The number of hydrogen-bond acceptors (Lipinski definition) is 6. The molecule has 2 fully saturated rings. The van der Waals surface area contributed by atoms with Gasteiger partial charge in [-0.25, -0.2) is 14.7 Å². The Bertz CT molecular complexity index is 738. The first-order chi connectivity index (χ1) is 11.6. The third-order valence-electron chi connectivity index (χ3n) is 5.05. The van der Waals surface area contributed by atoms with Crippen LogP contribution in [0.25, 0.3) is 0 Å². The van der Waals surface area contributed by atoms with Crippen LogP contribution in [0.1, 0.15) is 20.3 Å². The highest BCUT2D eigenvalue weighted by molar-refractivity contribution is 8.03. The van der Waals surface area contributed by atoms with Crippen molar-refractivity contribution in [2.24, 2.45) is 17.0 Å². The van der Waals surface area contributed by atoms with Gasteiger partial charge in [-0.05, 0) is 6.42 Å². The second-order valence-corrected chi connectivity index (χ2v) is 9.49. The van der Waals surface area contributed by atoms with E-state index in [1.807, 2.05) is 13.8 Å². The Balaban J connectivity index is 1.68. The van der Waals surface area contributed by atoms with E-state index < -0.39 is 16.2 Å². The number of carboxylic acid groups (broad SMARTS) is 1. The number of nitrogens with two attached hydrogens (primary N) is 1. The van der Waals surface area contributed by atoms with Crippen LogP contribution in [0, 0.1) is 11.8 Å². The van der Waals surface area contributed by atoms with Crippen LogP contribution in [-0.2, 0) is 19.8 Å². The average molecular weight is 390 g/mol. The highest BCUT2D eigenvalue weighted by Gasteiger charge is 2.56. The molecular weight excluding hydrogens is 368 g/mol. The van der Waals surface area contributed by atoms with Gasteiger partial charge in [0, 0.05) is 35.2 Å². The predicted octanol–water partition coefficient (Wildman–Crippen LogP) is -0.964.